The number of nitrogens with zero attached hydrogens (tertiary/aromatic N) is 2. The number of ether oxygens (including phenoxy) is 3. The first-order valence-electron chi connectivity index (χ1n) is 16.2. The predicted octanol–water partition coefficient (Wildman–Crippen LogP) is 6.21. The fraction of sp³-hybridized carbons (Fsp3) is 0.743. The molecule has 7 nitrogen and oxygen atoms in total. The van der Waals surface area contributed by atoms with Gasteiger partial charge in [-0.1, -0.05) is 32.1 Å². The maximum absolute atomic E-state index is 14.0. The maximum Gasteiger partial charge on any atom is 0.410 e. The molecule has 42 heavy (non-hydrogen) atoms. The minimum Gasteiger partial charge on any atom is -0.493 e. The van der Waals surface area contributed by atoms with Crippen LogP contribution in [0, 0.1) is 16.7 Å². The molecule has 2 unspecified atom stereocenters. The van der Waals surface area contributed by atoms with Gasteiger partial charge in [-0.15, -0.1) is 0 Å². The van der Waals surface area contributed by atoms with Crippen molar-refractivity contribution in [3.05, 3.63) is 35.4 Å². The lowest BCUT2D eigenvalue weighted by Gasteiger charge is -2.67. The summed E-state index contributed by atoms with van der Waals surface area (Å²) in [5, 5.41) is 10.5. The van der Waals surface area contributed by atoms with E-state index in [-0.39, 0.29) is 23.2 Å². The zero-order chi connectivity index (χ0) is 29.7. The average molecular weight is 579 g/mol. The number of carbonyl (C=O) groups is 1. The molecule has 1 aromatic carbocycles. The number of carbonyl (C=O) groups excluding carboxylic acids is 1. The Morgan fingerprint density at radius 1 is 1.14 bits per heavy atom. The highest BCUT2D eigenvalue weighted by Crippen LogP contribution is 2.68. The highest BCUT2D eigenvalue weighted by atomic mass is 16.6. The fourth-order valence-electron chi connectivity index (χ4n) is 11.0. The normalized spacial score (nSPS) is 39.7. The largest absolute Gasteiger partial charge is 0.493 e. The molecule has 1 spiro atoms. The van der Waals surface area contributed by atoms with Crippen LogP contribution < -0.4 is 9.47 Å². The Balaban J connectivity index is 1.18. The van der Waals surface area contributed by atoms with E-state index in [9.17, 15) is 9.90 Å². The lowest BCUT2D eigenvalue weighted by Crippen LogP contribution is -2.67. The molecule has 8 rings (SSSR count). The summed E-state index contributed by atoms with van der Waals surface area (Å²) in [6.07, 6.45) is 12.1. The molecule has 4 bridgehead atoms. The Morgan fingerprint density at radius 2 is 1.88 bits per heavy atom. The van der Waals surface area contributed by atoms with Crippen LogP contribution in [0.25, 0.3) is 0 Å². The van der Waals surface area contributed by atoms with Crippen molar-refractivity contribution in [2.45, 2.75) is 121 Å². The van der Waals surface area contributed by atoms with Crippen LogP contribution >= 0.6 is 0 Å². The van der Waals surface area contributed by atoms with Gasteiger partial charge in [0.2, 0.25) is 0 Å². The molecule has 7 aliphatic rings. The molecular weight excluding hydrogens is 528 g/mol. The topological polar surface area (TPSA) is 71.5 Å². The molecule has 1 aromatic rings. The van der Waals surface area contributed by atoms with Crippen LogP contribution in [-0.2, 0) is 16.7 Å². The second kappa shape index (κ2) is 9.37. The summed E-state index contributed by atoms with van der Waals surface area (Å²) in [7, 11) is 1.69. The summed E-state index contributed by atoms with van der Waals surface area (Å²) in [5.41, 5.74) is 2.18. The van der Waals surface area contributed by atoms with Crippen molar-refractivity contribution >= 4 is 6.09 Å². The number of amides is 1. The SMILES string of the molecule is COc1ccc2c3c1O[C@H]1C[C@@H](O)C=C[C@@]31CCN(CCN(C(=O)OC(C)(C)C)C13CC4CC(C)(CC(C)(C4)C1)C3)C2. The minimum absolute atomic E-state index is 0.103. The number of benzene rings is 1. The molecular formula is C35H50N2O5. The predicted molar refractivity (Wildman–Crippen MR) is 162 cm³/mol. The average Bonchev–Trinajstić information content (AvgIpc) is 3.09. The molecule has 0 aromatic heterocycles. The molecule has 2 heterocycles. The molecule has 2 aliphatic heterocycles. The highest BCUT2D eigenvalue weighted by molar-refractivity contribution is 5.69. The van der Waals surface area contributed by atoms with E-state index in [1.165, 1.54) is 30.4 Å². The van der Waals surface area contributed by atoms with E-state index in [0.717, 1.165) is 56.8 Å². The van der Waals surface area contributed by atoms with Crippen molar-refractivity contribution in [3.8, 4) is 11.5 Å². The van der Waals surface area contributed by atoms with Gasteiger partial charge in [0.25, 0.3) is 0 Å². The molecule has 1 amide bonds. The smallest absolute Gasteiger partial charge is 0.410 e. The first-order valence-corrected chi connectivity index (χ1v) is 16.2. The van der Waals surface area contributed by atoms with Gasteiger partial charge in [-0.05, 0) is 101 Å². The summed E-state index contributed by atoms with van der Waals surface area (Å²) in [4.78, 5) is 18.7. The van der Waals surface area contributed by atoms with E-state index in [1.807, 2.05) is 32.9 Å². The van der Waals surface area contributed by atoms with Crippen molar-refractivity contribution in [1.82, 2.24) is 9.80 Å². The Hall–Kier alpha value is -2.25. The van der Waals surface area contributed by atoms with Crippen molar-refractivity contribution in [3.63, 3.8) is 0 Å². The summed E-state index contributed by atoms with van der Waals surface area (Å²) in [6, 6.07) is 4.21. The number of aliphatic hydroxyl groups excluding tert-OH is 1. The van der Waals surface area contributed by atoms with Crippen molar-refractivity contribution < 1.29 is 24.1 Å². The van der Waals surface area contributed by atoms with Crippen LogP contribution in [0.2, 0.25) is 0 Å². The second-order valence-electron chi connectivity index (χ2n) is 16.5. The summed E-state index contributed by atoms with van der Waals surface area (Å²) >= 11 is 0. The molecule has 4 saturated carbocycles. The fourth-order valence-corrected chi connectivity index (χ4v) is 11.0. The number of hydrogen-bond acceptors (Lipinski definition) is 6. The van der Waals surface area contributed by atoms with Gasteiger partial charge in [-0.3, -0.25) is 4.90 Å². The van der Waals surface area contributed by atoms with Crippen molar-refractivity contribution in [2.75, 3.05) is 26.7 Å². The van der Waals surface area contributed by atoms with E-state index in [2.05, 4.69) is 35.8 Å². The van der Waals surface area contributed by atoms with Crippen LogP contribution in [0.1, 0.15) is 97.1 Å². The lowest BCUT2D eigenvalue weighted by atomic mass is 9.42. The zero-order valence-corrected chi connectivity index (χ0v) is 26.5. The zero-order valence-electron chi connectivity index (χ0n) is 26.5. The number of aliphatic hydroxyl groups is 1. The molecule has 5 atom stereocenters. The maximum atomic E-state index is 14.0. The molecule has 4 fully saturated rings. The minimum atomic E-state index is -0.529. The first-order chi connectivity index (χ1) is 19.7. The van der Waals surface area contributed by atoms with Gasteiger partial charge in [0.1, 0.15) is 11.7 Å². The van der Waals surface area contributed by atoms with E-state index >= 15 is 0 Å². The van der Waals surface area contributed by atoms with Gasteiger partial charge in [0, 0.05) is 37.2 Å². The molecule has 7 heteroatoms. The van der Waals surface area contributed by atoms with Crippen LogP contribution in [0.4, 0.5) is 4.79 Å². The van der Waals surface area contributed by atoms with Crippen LogP contribution in [0.5, 0.6) is 11.5 Å². The summed E-state index contributed by atoms with van der Waals surface area (Å²) in [5.74, 6) is 2.30. The van der Waals surface area contributed by atoms with Crippen LogP contribution in [-0.4, -0.2) is 71.1 Å². The Labute approximate surface area is 251 Å². The number of rotatable bonds is 5. The first kappa shape index (κ1) is 28.5. The Kier molecular flexibility index (Phi) is 6.36. The van der Waals surface area contributed by atoms with E-state index in [4.69, 9.17) is 14.2 Å². The van der Waals surface area contributed by atoms with E-state index in [0.29, 0.717) is 29.7 Å². The third-order valence-corrected chi connectivity index (χ3v) is 11.5. The standard InChI is InChI=1S/C35H50N2O5/c1-31(2,3)42-30(39)37(34-18-23-16-32(4,21-34)20-33(5,17-23)22-34)14-13-36-12-11-35-10-9-25(38)15-27(35)41-29-26(40-6)8-7-24(19-36)28(29)35/h7-10,23,25,27,38H,11-22H2,1-6H3/t23?,25-,27-,32?,33?,34?,35-/m0/s1. The van der Waals surface area contributed by atoms with Crippen LogP contribution in [0.15, 0.2) is 24.3 Å². The molecule has 1 N–H and O–H groups in total. The Bertz CT molecular complexity index is 1280. The summed E-state index contributed by atoms with van der Waals surface area (Å²) < 4.78 is 18.4. The van der Waals surface area contributed by atoms with E-state index < -0.39 is 11.7 Å². The lowest BCUT2D eigenvalue weighted by molar-refractivity contribution is -0.157. The molecule has 230 valence electrons. The van der Waals surface area contributed by atoms with Gasteiger partial charge in [-0.2, -0.15) is 0 Å². The van der Waals surface area contributed by atoms with Gasteiger partial charge in [-0.25, -0.2) is 4.79 Å². The van der Waals surface area contributed by atoms with Gasteiger partial charge < -0.3 is 24.2 Å². The highest BCUT2D eigenvalue weighted by Gasteiger charge is 2.63. The van der Waals surface area contributed by atoms with Gasteiger partial charge >= 0.3 is 6.09 Å². The third-order valence-electron chi connectivity index (χ3n) is 11.5. The molecule has 5 aliphatic carbocycles. The van der Waals surface area contributed by atoms with Gasteiger partial charge in [0.15, 0.2) is 11.5 Å². The molecule has 0 radical (unpaired) electrons. The van der Waals surface area contributed by atoms with Crippen molar-refractivity contribution in [2.24, 2.45) is 16.7 Å². The van der Waals surface area contributed by atoms with Crippen molar-refractivity contribution in [1.29, 1.82) is 0 Å². The monoisotopic (exact) mass is 578 g/mol. The third kappa shape index (κ3) is 4.56. The number of hydrogen-bond donors (Lipinski definition) is 1. The van der Waals surface area contributed by atoms with Gasteiger partial charge in [0.05, 0.1) is 18.6 Å². The Morgan fingerprint density at radius 3 is 2.55 bits per heavy atom. The quantitative estimate of drug-likeness (QED) is 0.419. The van der Waals surface area contributed by atoms with E-state index in [1.54, 1.807) is 7.11 Å². The second-order valence-corrected chi connectivity index (χ2v) is 16.5. The number of methoxy groups -OCH3 is 1. The molecule has 0 saturated heterocycles. The van der Waals surface area contributed by atoms with Crippen LogP contribution in [0.3, 0.4) is 0 Å². The summed E-state index contributed by atoms with van der Waals surface area (Å²) in [6.45, 7) is 14.1.